The van der Waals surface area contributed by atoms with Crippen LogP contribution in [0.1, 0.15) is 26.7 Å². The zero-order chi connectivity index (χ0) is 7.56. The number of hydrogen-bond acceptors (Lipinski definition) is 1. The highest BCUT2D eigenvalue weighted by molar-refractivity contribution is 5.23. The van der Waals surface area contributed by atoms with E-state index in [9.17, 15) is 0 Å². The fourth-order valence-corrected chi connectivity index (χ4v) is 1.14. The van der Waals surface area contributed by atoms with Crippen LogP contribution in [0.2, 0.25) is 0 Å². The maximum Gasteiger partial charge on any atom is 0.000854 e. The third-order valence-electron chi connectivity index (χ3n) is 1.94. The van der Waals surface area contributed by atoms with Gasteiger partial charge in [-0.1, -0.05) is 17.7 Å². The first kappa shape index (κ1) is 7.39. The molecule has 0 amide bonds. The van der Waals surface area contributed by atoms with Gasteiger partial charge in [0.15, 0.2) is 0 Å². The molecule has 0 heterocycles. The van der Waals surface area contributed by atoms with Crippen LogP contribution in [-0.4, -0.2) is 0 Å². The van der Waals surface area contributed by atoms with E-state index in [1.54, 1.807) is 5.57 Å². The van der Waals surface area contributed by atoms with Gasteiger partial charge in [0.25, 0.3) is 0 Å². The fraction of sp³-hybridized carbons (Fsp3) is 0.556. The van der Waals surface area contributed by atoms with Crippen molar-refractivity contribution in [3.63, 3.8) is 0 Å². The molecule has 1 nitrogen and oxygen atoms in total. The Morgan fingerprint density at radius 2 is 2.50 bits per heavy atom. The van der Waals surface area contributed by atoms with Crippen molar-refractivity contribution in [3.05, 3.63) is 23.4 Å². The quantitative estimate of drug-likeness (QED) is 0.580. The summed E-state index contributed by atoms with van der Waals surface area (Å²) >= 11 is 0. The van der Waals surface area contributed by atoms with Gasteiger partial charge in [0, 0.05) is 5.70 Å². The van der Waals surface area contributed by atoms with Crippen molar-refractivity contribution in [3.8, 4) is 0 Å². The van der Waals surface area contributed by atoms with Crippen LogP contribution < -0.4 is 5.73 Å². The first-order valence-corrected chi connectivity index (χ1v) is 3.81. The molecule has 1 atom stereocenters. The molecule has 1 rings (SSSR count). The lowest BCUT2D eigenvalue weighted by molar-refractivity contribution is 0.883. The molecule has 10 heavy (non-hydrogen) atoms. The van der Waals surface area contributed by atoms with Gasteiger partial charge in [-0.3, -0.25) is 0 Å². The highest BCUT2D eigenvalue weighted by atomic mass is 14.5. The lowest BCUT2D eigenvalue weighted by atomic mass is 10.2. The smallest absolute Gasteiger partial charge is 0.000854 e. The molecule has 2 N–H and O–H groups in total. The molecule has 0 aliphatic heterocycles. The Morgan fingerprint density at radius 1 is 1.80 bits per heavy atom. The third-order valence-corrected chi connectivity index (χ3v) is 1.94. The molecule has 1 unspecified atom stereocenters. The van der Waals surface area contributed by atoms with E-state index in [0.717, 1.165) is 18.0 Å². The highest BCUT2D eigenvalue weighted by Crippen LogP contribution is 2.40. The van der Waals surface area contributed by atoms with E-state index >= 15 is 0 Å². The average Bonchev–Trinajstić information content (AvgIpc) is 2.61. The van der Waals surface area contributed by atoms with Crippen molar-refractivity contribution in [2.24, 2.45) is 11.7 Å². The Balaban J connectivity index is 2.25. The second-order valence-electron chi connectivity index (χ2n) is 2.95. The molecule has 56 valence electrons. The van der Waals surface area contributed by atoms with E-state index in [0.29, 0.717) is 0 Å². The second kappa shape index (κ2) is 2.91. The molecule has 1 aliphatic rings. The summed E-state index contributed by atoms with van der Waals surface area (Å²) in [5.74, 6) is 0.823. The normalized spacial score (nSPS) is 29.2. The molecule has 0 aromatic heterocycles. The fourth-order valence-electron chi connectivity index (χ4n) is 1.14. The van der Waals surface area contributed by atoms with Gasteiger partial charge in [0.2, 0.25) is 0 Å². The Kier molecular flexibility index (Phi) is 2.15. The van der Waals surface area contributed by atoms with Gasteiger partial charge in [-0.15, -0.1) is 0 Å². The summed E-state index contributed by atoms with van der Waals surface area (Å²) in [6, 6.07) is 0. The maximum absolute atomic E-state index is 5.50. The van der Waals surface area contributed by atoms with Crippen LogP contribution in [0.3, 0.4) is 0 Å². The minimum atomic E-state index is 0.823. The van der Waals surface area contributed by atoms with Crippen molar-refractivity contribution in [2.75, 3.05) is 0 Å². The Labute approximate surface area is 62.6 Å². The van der Waals surface area contributed by atoms with Crippen LogP contribution in [0, 0.1) is 5.92 Å². The predicted molar refractivity (Wildman–Crippen MR) is 44.4 cm³/mol. The van der Waals surface area contributed by atoms with Crippen LogP contribution in [0.5, 0.6) is 0 Å². The Bertz CT molecular complexity index is 173. The maximum atomic E-state index is 5.50. The van der Waals surface area contributed by atoms with Gasteiger partial charge >= 0.3 is 0 Å². The van der Waals surface area contributed by atoms with Gasteiger partial charge in [-0.2, -0.15) is 0 Å². The molecular formula is C9H15N. The summed E-state index contributed by atoms with van der Waals surface area (Å²) in [7, 11) is 0. The second-order valence-corrected chi connectivity index (χ2v) is 2.95. The summed E-state index contributed by atoms with van der Waals surface area (Å²) in [5.41, 5.74) is 8.04. The molecule has 0 spiro atoms. The first-order valence-electron chi connectivity index (χ1n) is 3.81. The molecule has 1 heteroatoms. The van der Waals surface area contributed by atoms with E-state index in [2.05, 4.69) is 19.1 Å². The lowest BCUT2D eigenvalue weighted by Gasteiger charge is -1.88. The number of rotatable bonds is 2. The highest BCUT2D eigenvalue weighted by Gasteiger charge is 2.26. The van der Waals surface area contributed by atoms with Gasteiger partial charge < -0.3 is 5.73 Å². The van der Waals surface area contributed by atoms with Crippen molar-refractivity contribution in [2.45, 2.75) is 26.7 Å². The molecule has 0 saturated heterocycles. The largest absolute Gasteiger partial charge is 0.403 e. The van der Waals surface area contributed by atoms with Crippen LogP contribution >= 0.6 is 0 Å². The van der Waals surface area contributed by atoms with Crippen LogP contribution in [0.15, 0.2) is 23.4 Å². The minimum Gasteiger partial charge on any atom is -0.403 e. The van der Waals surface area contributed by atoms with E-state index < -0.39 is 0 Å². The van der Waals surface area contributed by atoms with Crippen LogP contribution in [-0.2, 0) is 0 Å². The van der Waals surface area contributed by atoms with Crippen molar-refractivity contribution in [1.82, 2.24) is 0 Å². The molecule has 0 radical (unpaired) electrons. The van der Waals surface area contributed by atoms with E-state index in [1.807, 2.05) is 6.92 Å². The number of allylic oxidation sites excluding steroid dienone is 4. The summed E-state index contributed by atoms with van der Waals surface area (Å²) in [4.78, 5) is 0. The average molecular weight is 137 g/mol. The van der Waals surface area contributed by atoms with E-state index in [-0.39, 0.29) is 0 Å². The van der Waals surface area contributed by atoms with Crippen molar-refractivity contribution in [1.29, 1.82) is 0 Å². The Hall–Kier alpha value is -0.720. The molecule has 0 aromatic rings. The van der Waals surface area contributed by atoms with Gasteiger partial charge in [-0.25, -0.2) is 0 Å². The zero-order valence-corrected chi connectivity index (χ0v) is 6.72. The van der Waals surface area contributed by atoms with E-state index in [4.69, 9.17) is 5.73 Å². The van der Waals surface area contributed by atoms with Crippen molar-refractivity contribution >= 4 is 0 Å². The van der Waals surface area contributed by atoms with E-state index in [1.165, 1.54) is 6.42 Å². The SMILES string of the molecule is C/C=C1\CC1C/C=C(\C)N. The predicted octanol–water partition coefficient (Wildman–Crippen LogP) is 2.21. The van der Waals surface area contributed by atoms with Gasteiger partial charge in [0.05, 0.1) is 0 Å². The Morgan fingerprint density at radius 3 is 2.90 bits per heavy atom. The molecule has 0 aromatic carbocycles. The van der Waals surface area contributed by atoms with Gasteiger partial charge in [-0.05, 0) is 32.6 Å². The molecule has 0 bridgehead atoms. The molecule has 1 aliphatic carbocycles. The topological polar surface area (TPSA) is 26.0 Å². The number of nitrogens with two attached hydrogens (primary N) is 1. The zero-order valence-electron chi connectivity index (χ0n) is 6.72. The number of hydrogen-bond donors (Lipinski definition) is 1. The first-order chi connectivity index (χ1) is 4.74. The minimum absolute atomic E-state index is 0.823. The summed E-state index contributed by atoms with van der Waals surface area (Å²) in [6.07, 6.45) is 6.76. The summed E-state index contributed by atoms with van der Waals surface area (Å²) in [5, 5.41) is 0. The van der Waals surface area contributed by atoms with Crippen LogP contribution in [0.4, 0.5) is 0 Å². The molecule has 1 fully saturated rings. The lowest BCUT2D eigenvalue weighted by Crippen LogP contribution is -1.89. The standard InChI is InChI=1S/C9H15N/c1-3-8-6-9(8)5-4-7(2)10/h3-4,9H,5-6,10H2,1-2H3/b7-4+,8-3+. The molecular weight excluding hydrogens is 122 g/mol. The summed E-state index contributed by atoms with van der Waals surface area (Å²) in [6.45, 7) is 4.05. The monoisotopic (exact) mass is 137 g/mol. The van der Waals surface area contributed by atoms with Gasteiger partial charge in [0.1, 0.15) is 0 Å². The third kappa shape index (κ3) is 1.90. The van der Waals surface area contributed by atoms with Crippen LogP contribution in [0.25, 0.3) is 0 Å². The molecule has 1 saturated carbocycles. The summed E-state index contributed by atoms with van der Waals surface area (Å²) < 4.78 is 0. The van der Waals surface area contributed by atoms with Crippen molar-refractivity contribution < 1.29 is 0 Å².